The Balaban J connectivity index is 2.26. The third-order valence-electron chi connectivity index (χ3n) is 2.94. The molecular weight excluding hydrogens is 268 g/mol. The summed E-state index contributed by atoms with van der Waals surface area (Å²) in [6.45, 7) is 1.09. The molecule has 6 heteroatoms. The van der Waals surface area contributed by atoms with Gasteiger partial charge in [-0.05, 0) is 18.2 Å². The van der Waals surface area contributed by atoms with Gasteiger partial charge in [-0.2, -0.15) is 5.26 Å². The number of methoxy groups -OCH3 is 1. The molecule has 1 heterocycles. The second-order valence-corrected chi connectivity index (χ2v) is 4.47. The maximum absolute atomic E-state index is 12.4. The lowest BCUT2D eigenvalue weighted by Crippen LogP contribution is -2.47. The van der Waals surface area contributed by atoms with Crippen molar-refractivity contribution in [2.75, 3.05) is 26.9 Å². The molecule has 0 spiro atoms. The van der Waals surface area contributed by atoms with Gasteiger partial charge < -0.3 is 14.4 Å². The maximum Gasteiger partial charge on any atom is 0.255 e. The molecule has 1 unspecified atom stereocenters. The van der Waals surface area contributed by atoms with Crippen LogP contribution in [0.4, 0.5) is 0 Å². The number of ether oxygens (including phenoxy) is 2. The Morgan fingerprint density at radius 3 is 3.11 bits per heavy atom. The minimum atomic E-state index is -0.553. The van der Waals surface area contributed by atoms with E-state index in [1.165, 1.54) is 12.0 Å². The molecule has 100 valence electrons. The van der Waals surface area contributed by atoms with Crippen LogP contribution in [0.1, 0.15) is 10.4 Å². The third-order valence-corrected chi connectivity index (χ3v) is 3.25. The van der Waals surface area contributed by atoms with E-state index in [-0.39, 0.29) is 12.5 Å². The molecule has 5 nitrogen and oxygen atoms in total. The number of nitrogens with zero attached hydrogens (tertiary/aromatic N) is 2. The summed E-state index contributed by atoms with van der Waals surface area (Å²) in [7, 11) is 1.49. The van der Waals surface area contributed by atoms with E-state index in [0.717, 1.165) is 0 Å². The number of benzene rings is 1. The highest BCUT2D eigenvalue weighted by molar-refractivity contribution is 6.32. The summed E-state index contributed by atoms with van der Waals surface area (Å²) in [4.78, 5) is 13.9. The van der Waals surface area contributed by atoms with Gasteiger partial charge in [-0.1, -0.05) is 11.6 Å². The van der Waals surface area contributed by atoms with E-state index in [9.17, 15) is 4.79 Å². The van der Waals surface area contributed by atoms with Gasteiger partial charge in [-0.15, -0.1) is 0 Å². The number of rotatable bonds is 2. The van der Waals surface area contributed by atoms with Crippen LogP contribution < -0.4 is 4.74 Å². The SMILES string of the molecule is COc1cc(C(=O)N2CCOCC2C#N)ccc1Cl. The van der Waals surface area contributed by atoms with E-state index >= 15 is 0 Å². The summed E-state index contributed by atoms with van der Waals surface area (Å²) >= 11 is 5.92. The van der Waals surface area contributed by atoms with Gasteiger partial charge >= 0.3 is 0 Å². The predicted octanol–water partition coefficient (Wildman–Crippen LogP) is 1.71. The predicted molar refractivity (Wildman–Crippen MR) is 69.3 cm³/mol. The fraction of sp³-hybridized carbons (Fsp3) is 0.385. The molecule has 1 aliphatic heterocycles. The Morgan fingerprint density at radius 2 is 2.42 bits per heavy atom. The molecule has 1 aromatic carbocycles. The van der Waals surface area contributed by atoms with E-state index in [1.807, 2.05) is 0 Å². The average Bonchev–Trinajstić information content (AvgIpc) is 2.47. The van der Waals surface area contributed by atoms with Gasteiger partial charge in [0.1, 0.15) is 11.8 Å². The van der Waals surface area contributed by atoms with Crippen molar-refractivity contribution >= 4 is 17.5 Å². The van der Waals surface area contributed by atoms with Gasteiger partial charge in [-0.25, -0.2) is 0 Å². The van der Waals surface area contributed by atoms with E-state index in [4.69, 9.17) is 26.3 Å². The summed E-state index contributed by atoms with van der Waals surface area (Å²) < 4.78 is 10.3. The molecule has 0 N–H and O–H groups in total. The van der Waals surface area contributed by atoms with Crippen LogP contribution in [0.2, 0.25) is 5.02 Å². The van der Waals surface area contributed by atoms with Crippen LogP contribution in [0.15, 0.2) is 18.2 Å². The van der Waals surface area contributed by atoms with Crippen molar-refractivity contribution in [2.24, 2.45) is 0 Å². The first-order valence-corrected chi connectivity index (χ1v) is 6.17. The Bertz CT molecular complexity index is 527. The quantitative estimate of drug-likeness (QED) is 0.827. The number of amides is 1. The van der Waals surface area contributed by atoms with Gasteiger partial charge in [-0.3, -0.25) is 4.79 Å². The lowest BCUT2D eigenvalue weighted by molar-refractivity contribution is 0.0132. The van der Waals surface area contributed by atoms with Crippen LogP contribution in [0.25, 0.3) is 0 Å². The minimum Gasteiger partial charge on any atom is -0.495 e. The molecule has 0 bridgehead atoms. The summed E-state index contributed by atoms with van der Waals surface area (Å²) in [5.41, 5.74) is 0.448. The lowest BCUT2D eigenvalue weighted by atomic mass is 10.1. The van der Waals surface area contributed by atoms with Crippen molar-refractivity contribution in [3.8, 4) is 11.8 Å². The Morgan fingerprint density at radius 1 is 1.63 bits per heavy atom. The van der Waals surface area contributed by atoms with Crippen molar-refractivity contribution in [2.45, 2.75) is 6.04 Å². The number of nitriles is 1. The van der Waals surface area contributed by atoms with Crippen LogP contribution in [0, 0.1) is 11.3 Å². The van der Waals surface area contributed by atoms with Crippen LogP contribution >= 0.6 is 11.6 Å². The number of hydrogen-bond acceptors (Lipinski definition) is 4. The van der Waals surface area contributed by atoms with Crippen molar-refractivity contribution in [3.05, 3.63) is 28.8 Å². The van der Waals surface area contributed by atoms with E-state index in [2.05, 4.69) is 6.07 Å². The first-order chi connectivity index (χ1) is 9.17. The van der Waals surface area contributed by atoms with Crippen LogP contribution in [0.3, 0.4) is 0 Å². The third kappa shape index (κ3) is 2.80. The lowest BCUT2D eigenvalue weighted by Gasteiger charge is -2.31. The largest absolute Gasteiger partial charge is 0.495 e. The highest BCUT2D eigenvalue weighted by atomic mass is 35.5. The zero-order valence-corrected chi connectivity index (χ0v) is 11.2. The smallest absolute Gasteiger partial charge is 0.255 e. The molecule has 0 aromatic heterocycles. The van der Waals surface area contributed by atoms with Gasteiger partial charge in [0.05, 0.1) is 31.4 Å². The van der Waals surface area contributed by atoms with Crippen molar-refractivity contribution < 1.29 is 14.3 Å². The molecule has 0 radical (unpaired) electrons. The van der Waals surface area contributed by atoms with E-state index in [1.54, 1.807) is 18.2 Å². The van der Waals surface area contributed by atoms with E-state index < -0.39 is 6.04 Å². The van der Waals surface area contributed by atoms with Gasteiger partial charge in [0.25, 0.3) is 5.91 Å². The Labute approximate surface area is 116 Å². The summed E-state index contributed by atoms with van der Waals surface area (Å²) in [6, 6.07) is 6.32. The van der Waals surface area contributed by atoms with E-state index in [0.29, 0.717) is 29.5 Å². The van der Waals surface area contributed by atoms with Gasteiger partial charge in [0.15, 0.2) is 0 Å². The molecular formula is C13H13ClN2O3. The second kappa shape index (κ2) is 5.91. The van der Waals surface area contributed by atoms with Crippen LogP contribution in [-0.2, 0) is 4.74 Å². The number of carbonyl (C=O) groups excluding carboxylic acids is 1. The van der Waals surface area contributed by atoms with Crippen molar-refractivity contribution in [3.63, 3.8) is 0 Å². The number of halogens is 1. The fourth-order valence-electron chi connectivity index (χ4n) is 1.91. The standard InChI is InChI=1S/C13H13ClN2O3/c1-18-12-6-9(2-3-11(12)14)13(17)16-4-5-19-8-10(16)7-15/h2-3,6,10H,4-5,8H2,1H3. The monoisotopic (exact) mass is 280 g/mol. The van der Waals surface area contributed by atoms with Crippen LogP contribution in [0.5, 0.6) is 5.75 Å². The average molecular weight is 281 g/mol. The molecule has 1 aliphatic rings. The van der Waals surface area contributed by atoms with Gasteiger partial charge in [0, 0.05) is 12.1 Å². The molecule has 2 rings (SSSR count). The maximum atomic E-state index is 12.4. The van der Waals surface area contributed by atoms with Crippen molar-refractivity contribution in [1.29, 1.82) is 5.26 Å². The molecule has 19 heavy (non-hydrogen) atoms. The summed E-state index contributed by atoms with van der Waals surface area (Å²) in [6.07, 6.45) is 0. The Kier molecular flexibility index (Phi) is 4.25. The summed E-state index contributed by atoms with van der Waals surface area (Å²) in [5.74, 6) is 0.221. The number of morpholine rings is 1. The summed E-state index contributed by atoms with van der Waals surface area (Å²) in [5, 5.41) is 9.47. The molecule has 0 saturated carbocycles. The topological polar surface area (TPSA) is 62.6 Å². The highest BCUT2D eigenvalue weighted by Crippen LogP contribution is 2.26. The molecule has 0 aliphatic carbocycles. The molecule has 1 fully saturated rings. The second-order valence-electron chi connectivity index (χ2n) is 4.07. The molecule has 1 atom stereocenters. The first-order valence-electron chi connectivity index (χ1n) is 5.79. The van der Waals surface area contributed by atoms with Crippen molar-refractivity contribution in [1.82, 2.24) is 4.90 Å². The number of hydrogen-bond donors (Lipinski definition) is 0. The zero-order valence-electron chi connectivity index (χ0n) is 10.4. The Hall–Kier alpha value is -1.77. The molecule has 1 amide bonds. The first kappa shape index (κ1) is 13.7. The normalized spacial score (nSPS) is 18.8. The van der Waals surface area contributed by atoms with Gasteiger partial charge in [0.2, 0.25) is 0 Å². The fourth-order valence-corrected chi connectivity index (χ4v) is 2.11. The highest BCUT2D eigenvalue weighted by Gasteiger charge is 2.28. The molecule has 1 saturated heterocycles. The zero-order chi connectivity index (χ0) is 13.8. The number of carbonyl (C=O) groups is 1. The van der Waals surface area contributed by atoms with Crippen LogP contribution in [-0.4, -0.2) is 43.7 Å². The molecule has 1 aromatic rings. The minimum absolute atomic E-state index is 0.218.